The van der Waals surface area contributed by atoms with E-state index in [1.54, 1.807) is 6.92 Å². The molecule has 15 heavy (non-hydrogen) atoms. The number of aromatic nitrogens is 2. The molecule has 3 nitrogen and oxygen atoms in total. The maximum absolute atomic E-state index is 11.0. The predicted molar refractivity (Wildman–Crippen MR) is 58.7 cm³/mol. The van der Waals surface area contributed by atoms with Crippen LogP contribution in [-0.4, -0.2) is 15.6 Å². The van der Waals surface area contributed by atoms with E-state index in [0.29, 0.717) is 12.5 Å². The van der Waals surface area contributed by atoms with E-state index in [0.717, 1.165) is 5.56 Å². The van der Waals surface area contributed by atoms with E-state index in [4.69, 9.17) is 0 Å². The Labute approximate surface area is 90.5 Å². The molecule has 1 aromatic heterocycles. The molecule has 82 valence electrons. The molecule has 1 heterocycles. The van der Waals surface area contributed by atoms with Gasteiger partial charge in [-0.3, -0.25) is 9.48 Å². The molecule has 3 heteroatoms. The molecule has 1 aliphatic carbocycles. The minimum atomic E-state index is 0.207. The van der Waals surface area contributed by atoms with Crippen molar-refractivity contribution in [3.05, 3.63) is 18.0 Å². The zero-order valence-corrected chi connectivity index (χ0v) is 9.28. The molecule has 1 aromatic rings. The Hall–Kier alpha value is -1.12. The van der Waals surface area contributed by atoms with Gasteiger partial charge in [-0.25, -0.2) is 0 Å². The van der Waals surface area contributed by atoms with Crippen molar-refractivity contribution in [3.8, 4) is 0 Å². The molecule has 0 bridgehead atoms. The van der Waals surface area contributed by atoms with E-state index in [2.05, 4.69) is 9.78 Å². The molecule has 2 rings (SSSR count). The minimum Gasteiger partial charge on any atom is -0.300 e. The highest BCUT2D eigenvalue weighted by Gasteiger charge is 2.15. The maximum Gasteiger partial charge on any atom is 0.134 e. The van der Waals surface area contributed by atoms with Crippen molar-refractivity contribution >= 4 is 5.78 Å². The Morgan fingerprint density at radius 1 is 1.47 bits per heavy atom. The summed E-state index contributed by atoms with van der Waals surface area (Å²) in [5.41, 5.74) is 1.05. The van der Waals surface area contributed by atoms with Crippen molar-refractivity contribution in [2.24, 2.45) is 0 Å². The van der Waals surface area contributed by atoms with Crippen LogP contribution in [0.5, 0.6) is 0 Å². The van der Waals surface area contributed by atoms with Crippen molar-refractivity contribution in [1.82, 2.24) is 9.78 Å². The molecular weight excluding hydrogens is 188 g/mol. The second-order valence-electron chi connectivity index (χ2n) is 4.50. The van der Waals surface area contributed by atoms with E-state index >= 15 is 0 Å². The fraction of sp³-hybridized carbons (Fsp3) is 0.667. The van der Waals surface area contributed by atoms with Gasteiger partial charge in [-0.1, -0.05) is 19.3 Å². The Morgan fingerprint density at radius 2 is 2.20 bits per heavy atom. The van der Waals surface area contributed by atoms with Gasteiger partial charge in [0.15, 0.2) is 0 Å². The summed E-state index contributed by atoms with van der Waals surface area (Å²) < 4.78 is 2.05. The number of nitrogens with zero attached hydrogens (tertiary/aromatic N) is 2. The number of carbonyl (C=O) groups is 1. The van der Waals surface area contributed by atoms with E-state index in [1.807, 2.05) is 12.4 Å². The van der Waals surface area contributed by atoms with E-state index < -0.39 is 0 Å². The highest BCUT2D eigenvalue weighted by molar-refractivity contribution is 5.77. The second kappa shape index (κ2) is 4.60. The first-order valence-electron chi connectivity index (χ1n) is 5.78. The second-order valence-corrected chi connectivity index (χ2v) is 4.50. The van der Waals surface area contributed by atoms with E-state index in [9.17, 15) is 4.79 Å². The summed E-state index contributed by atoms with van der Waals surface area (Å²) in [5, 5.41) is 4.36. The van der Waals surface area contributed by atoms with Crippen LogP contribution < -0.4 is 0 Å². The fourth-order valence-electron chi connectivity index (χ4n) is 2.30. The van der Waals surface area contributed by atoms with Gasteiger partial charge in [0.2, 0.25) is 0 Å². The van der Waals surface area contributed by atoms with Crippen LogP contribution in [0.4, 0.5) is 0 Å². The molecule has 0 aromatic carbocycles. The van der Waals surface area contributed by atoms with Crippen LogP contribution in [0.15, 0.2) is 12.4 Å². The smallest absolute Gasteiger partial charge is 0.134 e. The Kier molecular flexibility index (Phi) is 3.19. The maximum atomic E-state index is 11.0. The Balaban J connectivity index is 2.02. The molecule has 0 atom stereocenters. The van der Waals surface area contributed by atoms with Crippen LogP contribution in [0.1, 0.15) is 50.6 Å². The SMILES string of the molecule is CC(=O)Cc1cnn(C2CCCCC2)c1. The average Bonchev–Trinajstić information content (AvgIpc) is 2.67. The van der Waals surface area contributed by atoms with Crippen LogP contribution in [0.2, 0.25) is 0 Å². The van der Waals surface area contributed by atoms with Crippen molar-refractivity contribution < 1.29 is 4.79 Å². The number of hydrogen-bond acceptors (Lipinski definition) is 2. The van der Waals surface area contributed by atoms with Crippen LogP contribution in [0.3, 0.4) is 0 Å². The van der Waals surface area contributed by atoms with Crippen molar-refractivity contribution in [2.75, 3.05) is 0 Å². The van der Waals surface area contributed by atoms with Crippen LogP contribution >= 0.6 is 0 Å². The number of carbonyl (C=O) groups excluding carboxylic acids is 1. The van der Waals surface area contributed by atoms with Gasteiger partial charge in [-0.2, -0.15) is 5.10 Å². The number of rotatable bonds is 3. The fourth-order valence-corrected chi connectivity index (χ4v) is 2.30. The summed E-state index contributed by atoms with van der Waals surface area (Å²) in [7, 11) is 0. The summed E-state index contributed by atoms with van der Waals surface area (Å²) in [6.45, 7) is 1.62. The molecule has 0 radical (unpaired) electrons. The van der Waals surface area contributed by atoms with Gasteiger partial charge in [0.25, 0.3) is 0 Å². The van der Waals surface area contributed by atoms with Gasteiger partial charge in [-0.05, 0) is 25.3 Å². The van der Waals surface area contributed by atoms with Crippen LogP contribution in [-0.2, 0) is 11.2 Å². The lowest BCUT2D eigenvalue weighted by molar-refractivity contribution is -0.116. The van der Waals surface area contributed by atoms with Gasteiger partial charge >= 0.3 is 0 Å². The standard InChI is InChI=1S/C12H18N2O/c1-10(15)7-11-8-13-14(9-11)12-5-3-2-4-6-12/h8-9,12H,2-7H2,1H3. The molecule has 0 amide bonds. The summed E-state index contributed by atoms with van der Waals surface area (Å²) in [6, 6.07) is 0.569. The minimum absolute atomic E-state index is 0.207. The van der Waals surface area contributed by atoms with Crippen molar-refractivity contribution in [3.63, 3.8) is 0 Å². The summed E-state index contributed by atoms with van der Waals surface area (Å²) in [5.74, 6) is 0.207. The van der Waals surface area contributed by atoms with Crippen molar-refractivity contribution in [1.29, 1.82) is 0 Å². The first-order valence-corrected chi connectivity index (χ1v) is 5.78. The molecular formula is C12H18N2O. The number of Topliss-reactive ketones (excluding diaryl/α,β-unsaturated/α-hetero) is 1. The summed E-state index contributed by atoms with van der Waals surface area (Å²) >= 11 is 0. The highest BCUT2D eigenvalue weighted by atomic mass is 16.1. The van der Waals surface area contributed by atoms with Gasteiger partial charge < -0.3 is 0 Å². The predicted octanol–water partition coefficient (Wildman–Crippen LogP) is 2.52. The lowest BCUT2D eigenvalue weighted by Crippen LogP contribution is -2.12. The third kappa shape index (κ3) is 2.67. The Bertz CT molecular complexity index is 337. The third-order valence-corrected chi connectivity index (χ3v) is 3.06. The normalized spacial score (nSPS) is 17.9. The van der Waals surface area contributed by atoms with Gasteiger partial charge in [-0.15, -0.1) is 0 Å². The molecule has 0 spiro atoms. The molecule has 0 N–H and O–H groups in total. The van der Waals surface area contributed by atoms with Gasteiger partial charge in [0, 0.05) is 12.6 Å². The van der Waals surface area contributed by atoms with Gasteiger partial charge in [0.1, 0.15) is 5.78 Å². The molecule has 0 unspecified atom stereocenters. The quantitative estimate of drug-likeness (QED) is 0.761. The molecule has 0 aliphatic heterocycles. The monoisotopic (exact) mass is 206 g/mol. The largest absolute Gasteiger partial charge is 0.300 e. The van der Waals surface area contributed by atoms with Crippen LogP contribution in [0, 0.1) is 0 Å². The number of ketones is 1. The lowest BCUT2D eigenvalue weighted by atomic mass is 9.96. The molecule has 0 saturated heterocycles. The van der Waals surface area contributed by atoms with Gasteiger partial charge in [0.05, 0.1) is 12.2 Å². The summed E-state index contributed by atoms with van der Waals surface area (Å²) in [6.07, 6.45) is 10.8. The van der Waals surface area contributed by atoms with Crippen LogP contribution in [0.25, 0.3) is 0 Å². The van der Waals surface area contributed by atoms with Crippen molar-refractivity contribution in [2.45, 2.75) is 51.5 Å². The highest BCUT2D eigenvalue weighted by Crippen LogP contribution is 2.27. The third-order valence-electron chi connectivity index (χ3n) is 3.06. The summed E-state index contributed by atoms with van der Waals surface area (Å²) in [4.78, 5) is 11.0. The average molecular weight is 206 g/mol. The first-order chi connectivity index (χ1) is 7.25. The first kappa shape index (κ1) is 10.4. The molecule has 1 saturated carbocycles. The zero-order chi connectivity index (χ0) is 10.7. The lowest BCUT2D eigenvalue weighted by Gasteiger charge is -2.21. The number of hydrogen-bond donors (Lipinski definition) is 0. The molecule has 1 fully saturated rings. The van der Waals surface area contributed by atoms with E-state index in [-0.39, 0.29) is 5.78 Å². The zero-order valence-electron chi connectivity index (χ0n) is 9.28. The molecule has 1 aliphatic rings. The van der Waals surface area contributed by atoms with E-state index in [1.165, 1.54) is 32.1 Å². The Morgan fingerprint density at radius 3 is 2.87 bits per heavy atom. The topological polar surface area (TPSA) is 34.9 Å².